The molecule has 0 unspecified atom stereocenters. The van der Waals surface area contributed by atoms with E-state index in [1.807, 2.05) is 43.3 Å². The maximum absolute atomic E-state index is 14.9. The average Bonchev–Trinajstić information content (AvgIpc) is 3.27. The Hall–Kier alpha value is -3.25. The smallest absolute Gasteiger partial charge is 0.171 e. The van der Waals surface area contributed by atoms with Gasteiger partial charge in [0.05, 0.1) is 0 Å². The summed E-state index contributed by atoms with van der Waals surface area (Å²) in [6, 6.07) is 17.8. The van der Waals surface area contributed by atoms with Crippen LogP contribution in [0.4, 0.5) is 4.39 Å². The van der Waals surface area contributed by atoms with E-state index in [-0.39, 0.29) is 29.4 Å². The van der Waals surface area contributed by atoms with E-state index in [9.17, 15) is 14.6 Å². The quantitative estimate of drug-likeness (QED) is 0.457. The standard InChI is InChI=1S/C29H32FNO4/c1-18-13-14-31(17-18)15-16-34-23-9-5-21(6-10-23)29-26(20-3-7-22(32)8-4-20)19(2)27-25(35-29)12-11-24(33)28(27)30/h3-12,18-19,26,29,32-33H,13-17H2,1-2H3/t18-,19-,26+,29-/m0/s1. The van der Waals surface area contributed by atoms with Gasteiger partial charge in [-0.15, -0.1) is 0 Å². The number of aromatic hydroxyl groups is 2. The van der Waals surface area contributed by atoms with Crippen molar-refractivity contribution in [3.05, 3.63) is 83.2 Å². The Labute approximate surface area is 205 Å². The molecule has 0 bridgehead atoms. The lowest BCUT2D eigenvalue weighted by atomic mass is 9.75. The molecule has 6 heteroatoms. The van der Waals surface area contributed by atoms with E-state index in [1.165, 1.54) is 12.5 Å². The lowest BCUT2D eigenvalue weighted by Crippen LogP contribution is -2.28. The van der Waals surface area contributed by atoms with Gasteiger partial charge in [0, 0.05) is 24.6 Å². The highest BCUT2D eigenvalue weighted by Crippen LogP contribution is 2.52. The number of phenols is 2. The van der Waals surface area contributed by atoms with Crippen molar-refractivity contribution in [2.24, 2.45) is 5.92 Å². The van der Waals surface area contributed by atoms with Crippen molar-refractivity contribution >= 4 is 0 Å². The third-order valence-corrected chi connectivity index (χ3v) is 7.36. The van der Waals surface area contributed by atoms with Crippen molar-refractivity contribution in [3.8, 4) is 23.0 Å². The topological polar surface area (TPSA) is 62.2 Å². The number of hydrogen-bond donors (Lipinski definition) is 2. The Morgan fingerprint density at radius 3 is 2.37 bits per heavy atom. The minimum Gasteiger partial charge on any atom is -0.508 e. The molecule has 0 saturated carbocycles. The fourth-order valence-electron chi connectivity index (χ4n) is 5.45. The van der Waals surface area contributed by atoms with E-state index in [4.69, 9.17) is 9.47 Å². The molecule has 1 fully saturated rings. The van der Waals surface area contributed by atoms with Crippen LogP contribution in [0.2, 0.25) is 0 Å². The zero-order valence-electron chi connectivity index (χ0n) is 20.2. The highest BCUT2D eigenvalue weighted by molar-refractivity contribution is 5.49. The lowest BCUT2D eigenvalue weighted by molar-refractivity contribution is 0.133. The van der Waals surface area contributed by atoms with Crippen LogP contribution >= 0.6 is 0 Å². The van der Waals surface area contributed by atoms with Crippen molar-refractivity contribution in [3.63, 3.8) is 0 Å². The molecular weight excluding hydrogens is 445 g/mol. The monoisotopic (exact) mass is 477 g/mol. The van der Waals surface area contributed by atoms with Gasteiger partial charge in [0.1, 0.15) is 30.0 Å². The number of benzene rings is 3. The van der Waals surface area contributed by atoms with E-state index < -0.39 is 5.82 Å². The predicted molar refractivity (Wildman–Crippen MR) is 133 cm³/mol. The molecule has 3 aromatic rings. The molecule has 4 atom stereocenters. The SMILES string of the molecule is C[C@H]1CCN(CCOc2ccc([C@@H]3Oc4ccc(O)c(F)c4[C@@H](C)[C@@H]3c3ccc(O)cc3)cc2)C1. The molecule has 0 aromatic heterocycles. The normalized spacial score (nSPS) is 24.1. The van der Waals surface area contributed by atoms with E-state index in [1.54, 1.807) is 18.2 Å². The number of fused-ring (bicyclic) bond motifs is 1. The first-order valence-electron chi connectivity index (χ1n) is 12.3. The van der Waals surface area contributed by atoms with Crippen molar-refractivity contribution in [2.75, 3.05) is 26.2 Å². The average molecular weight is 478 g/mol. The molecule has 3 aromatic carbocycles. The summed E-state index contributed by atoms with van der Waals surface area (Å²) >= 11 is 0. The molecule has 5 rings (SSSR count). The van der Waals surface area contributed by atoms with Crippen molar-refractivity contribution in [1.82, 2.24) is 4.90 Å². The number of ether oxygens (including phenoxy) is 2. The van der Waals surface area contributed by atoms with Gasteiger partial charge in [-0.1, -0.05) is 38.1 Å². The summed E-state index contributed by atoms with van der Waals surface area (Å²) in [6.45, 7) is 8.08. The molecule has 0 spiro atoms. The van der Waals surface area contributed by atoms with Crippen molar-refractivity contribution in [2.45, 2.75) is 38.2 Å². The van der Waals surface area contributed by atoms with E-state index in [0.29, 0.717) is 17.9 Å². The second-order valence-corrected chi connectivity index (χ2v) is 9.87. The molecule has 2 aliphatic heterocycles. The number of phenolic OH excluding ortho intramolecular Hbond substituents is 2. The van der Waals surface area contributed by atoms with Gasteiger partial charge in [-0.3, -0.25) is 4.90 Å². The summed E-state index contributed by atoms with van der Waals surface area (Å²) in [4.78, 5) is 2.44. The van der Waals surface area contributed by atoms with Crippen LogP contribution in [0, 0.1) is 11.7 Å². The molecule has 35 heavy (non-hydrogen) atoms. The van der Waals surface area contributed by atoms with Crippen LogP contribution in [0.3, 0.4) is 0 Å². The summed E-state index contributed by atoms with van der Waals surface area (Å²) in [6.07, 6.45) is 0.884. The van der Waals surface area contributed by atoms with Gasteiger partial charge >= 0.3 is 0 Å². The molecule has 2 aliphatic rings. The first-order chi connectivity index (χ1) is 16.9. The zero-order chi connectivity index (χ0) is 24.5. The van der Waals surface area contributed by atoms with Gasteiger partial charge in [0.15, 0.2) is 11.6 Å². The van der Waals surface area contributed by atoms with E-state index in [0.717, 1.165) is 42.4 Å². The summed E-state index contributed by atoms with van der Waals surface area (Å²) < 4.78 is 27.3. The van der Waals surface area contributed by atoms with Crippen LogP contribution < -0.4 is 9.47 Å². The van der Waals surface area contributed by atoms with Gasteiger partial charge in [-0.2, -0.15) is 0 Å². The molecular formula is C29H32FNO4. The van der Waals surface area contributed by atoms with Crippen LogP contribution in [0.15, 0.2) is 60.7 Å². The molecule has 2 N–H and O–H groups in total. The van der Waals surface area contributed by atoms with Crippen LogP contribution in [-0.2, 0) is 0 Å². The second kappa shape index (κ2) is 9.78. The third kappa shape index (κ3) is 4.80. The molecule has 5 nitrogen and oxygen atoms in total. The number of rotatable bonds is 6. The highest BCUT2D eigenvalue weighted by Gasteiger charge is 2.40. The molecule has 0 amide bonds. The number of nitrogens with zero attached hydrogens (tertiary/aromatic N) is 1. The minimum absolute atomic E-state index is 0.170. The molecule has 184 valence electrons. The van der Waals surface area contributed by atoms with Gasteiger partial charge < -0.3 is 19.7 Å². The summed E-state index contributed by atoms with van der Waals surface area (Å²) in [5.74, 6) is 0.665. The molecule has 0 radical (unpaired) electrons. The number of likely N-dealkylation sites (tertiary alicyclic amines) is 1. The summed E-state index contributed by atoms with van der Waals surface area (Å²) in [5, 5.41) is 19.8. The number of hydrogen-bond acceptors (Lipinski definition) is 5. The maximum atomic E-state index is 14.9. The molecule has 1 saturated heterocycles. The van der Waals surface area contributed by atoms with Crippen LogP contribution in [-0.4, -0.2) is 41.4 Å². The van der Waals surface area contributed by atoms with Crippen LogP contribution in [0.5, 0.6) is 23.0 Å². The molecule has 0 aliphatic carbocycles. The first-order valence-corrected chi connectivity index (χ1v) is 12.3. The van der Waals surface area contributed by atoms with Crippen molar-refractivity contribution in [1.29, 1.82) is 0 Å². The van der Waals surface area contributed by atoms with Gasteiger partial charge in [0.2, 0.25) is 0 Å². The fraction of sp³-hybridized carbons (Fsp3) is 0.379. The lowest BCUT2D eigenvalue weighted by Gasteiger charge is -2.39. The van der Waals surface area contributed by atoms with Gasteiger partial charge in [-0.25, -0.2) is 4.39 Å². The Bertz CT molecular complexity index is 1160. The third-order valence-electron chi connectivity index (χ3n) is 7.36. The Morgan fingerprint density at radius 2 is 1.69 bits per heavy atom. The molecule has 2 heterocycles. The minimum atomic E-state index is -0.645. The largest absolute Gasteiger partial charge is 0.508 e. The van der Waals surface area contributed by atoms with Gasteiger partial charge in [0.25, 0.3) is 0 Å². The Morgan fingerprint density at radius 1 is 0.971 bits per heavy atom. The van der Waals surface area contributed by atoms with Crippen molar-refractivity contribution < 1.29 is 24.1 Å². The predicted octanol–water partition coefficient (Wildman–Crippen LogP) is 5.98. The first kappa shape index (κ1) is 23.5. The van der Waals surface area contributed by atoms with E-state index >= 15 is 0 Å². The summed E-state index contributed by atoms with van der Waals surface area (Å²) in [7, 11) is 0. The van der Waals surface area contributed by atoms with E-state index in [2.05, 4.69) is 11.8 Å². The second-order valence-electron chi connectivity index (χ2n) is 9.87. The Balaban J connectivity index is 1.39. The number of halogens is 1. The Kier molecular flexibility index (Phi) is 6.56. The van der Waals surface area contributed by atoms with Crippen LogP contribution in [0.1, 0.15) is 54.9 Å². The summed E-state index contributed by atoms with van der Waals surface area (Å²) in [5.41, 5.74) is 2.25. The fourth-order valence-corrected chi connectivity index (χ4v) is 5.45. The van der Waals surface area contributed by atoms with Crippen LogP contribution in [0.25, 0.3) is 0 Å². The maximum Gasteiger partial charge on any atom is 0.171 e. The zero-order valence-corrected chi connectivity index (χ0v) is 20.2. The highest BCUT2D eigenvalue weighted by atomic mass is 19.1. The van der Waals surface area contributed by atoms with Gasteiger partial charge in [-0.05, 0) is 72.3 Å².